The van der Waals surface area contributed by atoms with E-state index in [1.807, 2.05) is 0 Å². The second-order valence-electron chi connectivity index (χ2n) is 5.31. The quantitative estimate of drug-likeness (QED) is 0.539. The number of hydrogen-bond donors (Lipinski definition) is 0. The number of carbonyl (C=O) groups excluding carboxylic acids is 3. The van der Waals surface area contributed by atoms with Gasteiger partial charge in [0.25, 0.3) is 10.0 Å². The van der Waals surface area contributed by atoms with Gasteiger partial charge in [0, 0.05) is 24.4 Å². The highest BCUT2D eigenvalue weighted by molar-refractivity contribution is 7.93. The molecule has 2 aromatic carbocycles. The van der Waals surface area contributed by atoms with E-state index in [1.54, 1.807) is 0 Å². The molecule has 142 valence electrons. The number of ether oxygens (including phenoxy) is 1. The third-order valence-corrected chi connectivity index (χ3v) is 5.44. The second kappa shape index (κ2) is 7.77. The third-order valence-electron chi connectivity index (χ3n) is 3.31. The summed E-state index contributed by atoms with van der Waals surface area (Å²) in [6.07, 6.45) is 0. The summed E-state index contributed by atoms with van der Waals surface area (Å²) in [6, 6.07) is 8.15. The number of carbonyl (C=O) groups is 3. The maximum atomic E-state index is 12.9. The van der Waals surface area contributed by atoms with Gasteiger partial charge in [-0.2, -0.15) is 0 Å². The lowest BCUT2D eigenvalue weighted by Crippen LogP contribution is -2.35. The molecule has 0 spiro atoms. The molecular weight excluding hydrogens is 398 g/mol. The average Bonchev–Trinajstić information content (AvgIpc) is 2.55. The summed E-state index contributed by atoms with van der Waals surface area (Å²) < 4.78 is 31.1. The molecule has 0 heterocycles. The Labute approximate surface area is 160 Å². The van der Waals surface area contributed by atoms with Gasteiger partial charge in [-0.15, -0.1) is 0 Å². The van der Waals surface area contributed by atoms with Crippen molar-refractivity contribution in [3.8, 4) is 5.75 Å². The number of nitrogens with zero attached hydrogens (tertiary/aromatic N) is 1. The normalized spacial score (nSPS) is 10.9. The van der Waals surface area contributed by atoms with Gasteiger partial charge in [0.05, 0.1) is 16.6 Å². The van der Waals surface area contributed by atoms with Crippen molar-refractivity contribution in [2.24, 2.45) is 0 Å². The number of carboxylic acid groups (broad SMARTS) is 1. The van der Waals surface area contributed by atoms with Gasteiger partial charge in [-0.05, 0) is 42.5 Å². The van der Waals surface area contributed by atoms with Crippen LogP contribution in [0.3, 0.4) is 0 Å². The Morgan fingerprint density at radius 3 is 2.11 bits per heavy atom. The summed E-state index contributed by atoms with van der Waals surface area (Å²) in [5.74, 6) is -2.88. The SMILES string of the molecule is CC(=O)Oc1ccc(N(C(C)=O)S(=O)(=O)c2ccc(Cl)c(C(=O)[O-])c2)cc1. The Hall–Kier alpha value is -2.91. The van der Waals surface area contributed by atoms with E-state index < -0.39 is 38.3 Å². The standard InChI is InChI=1S/C17H14ClNO7S/c1-10(20)19(12-3-5-13(6-4-12)26-11(2)21)27(24,25)14-7-8-16(18)15(9-14)17(22)23/h3-9H,1-2H3,(H,22,23)/p-1. The van der Waals surface area contributed by atoms with Gasteiger partial charge in [0.15, 0.2) is 0 Å². The second-order valence-corrected chi connectivity index (χ2v) is 7.50. The summed E-state index contributed by atoms with van der Waals surface area (Å²) in [4.78, 5) is 33.6. The van der Waals surface area contributed by atoms with Crippen LogP contribution < -0.4 is 14.1 Å². The number of aromatic carboxylic acids is 1. The largest absolute Gasteiger partial charge is 0.545 e. The first-order valence-corrected chi connectivity index (χ1v) is 9.21. The zero-order valence-electron chi connectivity index (χ0n) is 14.1. The van der Waals surface area contributed by atoms with Crippen molar-refractivity contribution in [2.45, 2.75) is 18.7 Å². The lowest BCUT2D eigenvalue weighted by atomic mass is 10.2. The maximum absolute atomic E-state index is 12.9. The van der Waals surface area contributed by atoms with Gasteiger partial charge in [0.2, 0.25) is 5.91 Å². The van der Waals surface area contributed by atoms with Crippen molar-refractivity contribution in [1.82, 2.24) is 0 Å². The fourth-order valence-corrected chi connectivity index (χ4v) is 3.88. The number of rotatable bonds is 5. The number of esters is 1. The van der Waals surface area contributed by atoms with E-state index in [9.17, 15) is 27.9 Å². The Bertz CT molecular complexity index is 1020. The topological polar surface area (TPSA) is 121 Å². The molecule has 0 saturated heterocycles. The van der Waals surface area contributed by atoms with Crippen molar-refractivity contribution in [1.29, 1.82) is 0 Å². The summed E-state index contributed by atoms with van der Waals surface area (Å²) in [5, 5.41) is 10.9. The Balaban J connectivity index is 2.52. The molecule has 0 N–H and O–H groups in total. The molecule has 0 saturated carbocycles. The van der Waals surface area contributed by atoms with Crippen molar-refractivity contribution in [2.75, 3.05) is 4.31 Å². The van der Waals surface area contributed by atoms with Gasteiger partial charge in [0.1, 0.15) is 5.75 Å². The highest BCUT2D eigenvalue weighted by Crippen LogP contribution is 2.28. The monoisotopic (exact) mass is 410 g/mol. The van der Waals surface area contributed by atoms with Crippen LogP contribution in [-0.2, 0) is 19.6 Å². The van der Waals surface area contributed by atoms with Crippen LogP contribution in [0.5, 0.6) is 5.75 Å². The molecule has 0 atom stereocenters. The third kappa shape index (κ3) is 4.44. The van der Waals surface area contributed by atoms with E-state index in [4.69, 9.17) is 16.3 Å². The number of hydrogen-bond acceptors (Lipinski definition) is 7. The van der Waals surface area contributed by atoms with Crippen LogP contribution in [0.2, 0.25) is 5.02 Å². The number of amides is 1. The Morgan fingerprint density at radius 2 is 1.63 bits per heavy atom. The fourth-order valence-electron chi connectivity index (χ4n) is 2.23. The summed E-state index contributed by atoms with van der Waals surface area (Å²) >= 11 is 5.72. The van der Waals surface area contributed by atoms with E-state index in [0.717, 1.165) is 25.1 Å². The molecular formula is C17H13ClNO7S-. The van der Waals surface area contributed by atoms with Gasteiger partial charge in [-0.3, -0.25) is 9.59 Å². The van der Waals surface area contributed by atoms with E-state index in [2.05, 4.69) is 0 Å². The van der Waals surface area contributed by atoms with Crippen LogP contribution in [0, 0.1) is 0 Å². The minimum atomic E-state index is -4.44. The molecule has 0 aliphatic heterocycles. The van der Waals surface area contributed by atoms with Crippen LogP contribution in [-0.4, -0.2) is 26.3 Å². The van der Waals surface area contributed by atoms with E-state index >= 15 is 0 Å². The maximum Gasteiger partial charge on any atom is 0.308 e. The molecule has 0 aliphatic carbocycles. The van der Waals surface area contributed by atoms with Crippen molar-refractivity contribution >= 4 is 45.2 Å². The van der Waals surface area contributed by atoms with Crippen molar-refractivity contribution < 1.29 is 32.6 Å². The summed E-state index contributed by atoms with van der Waals surface area (Å²) in [7, 11) is -4.44. The molecule has 0 bridgehead atoms. The van der Waals surface area contributed by atoms with Crippen LogP contribution in [0.1, 0.15) is 24.2 Å². The highest BCUT2D eigenvalue weighted by Gasteiger charge is 2.29. The van der Waals surface area contributed by atoms with E-state index in [-0.39, 0.29) is 16.5 Å². The molecule has 0 radical (unpaired) electrons. The average molecular weight is 411 g/mol. The van der Waals surface area contributed by atoms with Crippen LogP contribution in [0.15, 0.2) is 47.4 Å². The first kappa shape index (κ1) is 20.4. The van der Waals surface area contributed by atoms with Gasteiger partial charge in [-0.25, -0.2) is 12.7 Å². The molecule has 0 aliphatic rings. The predicted molar refractivity (Wildman–Crippen MR) is 93.9 cm³/mol. The molecule has 10 heteroatoms. The van der Waals surface area contributed by atoms with Gasteiger partial charge in [-0.1, -0.05) is 11.6 Å². The minimum absolute atomic E-state index is 0.0247. The zero-order valence-corrected chi connectivity index (χ0v) is 15.7. The minimum Gasteiger partial charge on any atom is -0.545 e. The number of anilines is 1. The predicted octanol–water partition coefficient (Wildman–Crippen LogP) is 1.37. The van der Waals surface area contributed by atoms with Crippen molar-refractivity contribution in [3.05, 3.63) is 53.1 Å². The van der Waals surface area contributed by atoms with Crippen LogP contribution in [0.25, 0.3) is 0 Å². The number of carboxylic acids is 1. The summed E-state index contributed by atoms with van der Waals surface area (Å²) in [5.41, 5.74) is -0.546. The molecule has 27 heavy (non-hydrogen) atoms. The fraction of sp³-hybridized carbons (Fsp3) is 0.118. The summed E-state index contributed by atoms with van der Waals surface area (Å²) in [6.45, 7) is 2.24. The smallest absolute Gasteiger partial charge is 0.308 e. The van der Waals surface area contributed by atoms with Gasteiger partial charge >= 0.3 is 5.97 Å². The molecule has 2 rings (SSSR count). The molecule has 2 aromatic rings. The van der Waals surface area contributed by atoms with Crippen molar-refractivity contribution in [3.63, 3.8) is 0 Å². The molecule has 0 fully saturated rings. The van der Waals surface area contributed by atoms with Crippen LogP contribution in [0.4, 0.5) is 5.69 Å². The Kier molecular flexibility index (Phi) is 5.87. The molecule has 0 unspecified atom stereocenters. The number of halogens is 1. The molecule has 0 aromatic heterocycles. The molecule has 1 amide bonds. The lowest BCUT2D eigenvalue weighted by Gasteiger charge is -2.22. The van der Waals surface area contributed by atoms with Crippen LogP contribution >= 0.6 is 11.6 Å². The zero-order chi connectivity index (χ0) is 20.4. The number of benzene rings is 2. The Morgan fingerprint density at radius 1 is 1.04 bits per heavy atom. The van der Waals surface area contributed by atoms with Gasteiger partial charge < -0.3 is 14.6 Å². The molecule has 8 nitrogen and oxygen atoms in total. The van der Waals surface area contributed by atoms with E-state index in [1.165, 1.54) is 31.2 Å². The lowest BCUT2D eigenvalue weighted by molar-refractivity contribution is -0.255. The first-order chi connectivity index (χ1) is 12.5. The number of sulfonamides is 1. The highest BCUT2D eigenvalue weighted by atomic mass is 35.5. The first-order valence-electron chi connectivity index (χ1n) is 7.39. The van der Waals surface area contributed by atoms with E-state index in [0.29, 0.717) is 4.31 Å².